The Kier molecular flexibility index (Phi) is 6.66. The smallest absolute Gasteiger partial charge is 0.317 e. The molecular weight excluding hydrogens is 274 g/mol. The molecule has 0 rings (SSSR count). The molecule has 0 aromatic heterocycles. The quantitative estimate of drug-likeness (QED) is 0.682. The Morgan fingerprint density at radius 2 is 1.62 bits per heavy atom. The molecule has 0 aromatic carbocycles. The van der Waals surface area contributed by atoms with E-state index in [1.165, 1.54) is 4.90 Å². The molecule has 0 spiro atoms. The van der Waals surface area contributed by atoms with Gasteiger partial charge in [-0.25, -0.2) is 4.79 Å². The van der Waals surface area contributed by atoms with Crippen LogP contribution >= 0.6 is 0 Å². The number of hydrogen-bond donors (Lipinski definition) is 3. The Morgan fingerprint density at radius 1 is 1.10 bits per heavy atom. The number of hydrogen-bond acceptors (Lipinski definition) is 3. The Morgan fingerprint density at radius 3 is 2.00 bits per heavy atom. The fraction of sp³-hybridized carbons (Fsp3) is 0.786. The highest BCUT2D eigenvalue weighted by Crippen LogP contribution is 2.16. The first-order valence-corrected chi connectivity index (χ1v) is 6.91. The molecule has 0 aromatic rings. The topological polar surface area (TPSA) is 98.7 Å². The first-order valence-electron chi connectivity index (χ1n) is 6.91. The van der Waals surface area contributed by atoms with Gasteiger partial charge in [0.15, 0.2) is 0 Å². The summed E-state index contributed by atoms with van der Waals surface area (Å²) in [7, 11) is 1.54. The van der Waals surface area contributed by atoms with Crippen molar-refractivity contribution >= 4 is 17.9 Å². The number of nitrogens with zero attached hydrogens (tertiary/aromatic N) is 1. The molecule has 21 heavy (non-hydrogen) atoms. The number of carboxylic acids is 1. The molecule has 122 valence electrons. The highest BCUT2D eigenvalue weighted by atomic mass is 16.4. The van der Waals surface area contributed by atoms with Crippen molar-refractivity contribution in [3.8, 4) is 0 Å². The summed E-state index contributed by atoms with van der Waals surface area (Å²) in [5.74, 6) is -1.13. The van der Waals surface area contributed by atoms with Crippen LogP contribution in [-0.4, -0.2) is 53.6 Å². The molecule has 7 heteroatoms. The second-order valence-electron chi connectivity index (χ2n) is 6.59. The average Bonchev–Trinajstić information content (AvgIpc) is 2.33. The Bertz CT molecular complexity index is 400. The van der Waals surface area contributed by atoms with Crippen LogP contribution in [0.4, 0.5) is 4.79 Å². The molecule has 0 fully saturated rings. The zero-order valence-electron chi connectivity index (χ0n) is 13.7. The second-order valence-corrected chi connectivity index (χ2v) is 6.59. The number of amides is 3. The van der Waals surface area contributed by atoms with Crippen LogP contribution in [0, 0.1) is 5.41 Å². The van der Waals surface area contributed by atoms with E-state index in [0.29, 0.717) is 0 Å². The van der Waals surface area contributed by atoms with E-state index < -0.39 is 16.9 Å². The maximum atomic E-state index is 12.3. The molecule has 0 saturated carbocycles. The summed E-state index contributed by atoms with van der Waals surface area (Å²) in [6, 6.07) is -0.374. The number of carbonyl (C=O) groups is 3. The van der Waals surface area contributed by atoms with Gasteiger partial charge in [-0.15, -0.1) is 0 Å². The zero-order valence-corrected chi connectivity index (χ0v) is 13.7. The standard InChI is InChI=1S/C14H27N3O4/c1-13(2,3)17(8-7-10(18)19)12(21)16-9-14(4,5)11(20)15-6/h7-9H2,1-6H3,(H,15,20)(H,16,21)(H,18,19). The Balaban J connectivity index is 4.76. The monoisotopic (exact) mass is 301 g/mol. The van der Waals surface area contributed by atoms with Crippen molar-refractivity contribution in [1.29, 1.82) is 0 Å². The summed E-state index contributed by atoms with van der Waals surface area (Å²) in [5, 5.41) is 14.0. The van der Waals surface area contributed by atoms with E-state index in [1.54, 1.807) is 20.9 Å². The van der Waals surface area contributed by atoms with Crippen LogP contribution in [0.5, 0.6) is 0 Å². The Labute approximate surface area is 126 Å². The zero-order chi connectivity index (χ0) is 16.8. The van der Waals surface area contributed by atoms with E-state index in [4.69, 9.17) is 5.11 Å². The van der Waals surface area contributed by atoms with E-state index >= 15 is 0 Å². The summed E-state index contributed by atoms with van der Waals surface area (Å²) >= 11 is 0. The van der Waals surface area contributed by atoms with Gasteiger partial charge >= 0.3 is 12.0 Å². The molecule has 0 saturated heterocycles. The molecular formula is C14H27N3O4. The highest BCUT2D eigenvalue weighted by molar-refractivity contribution is 5.83. The fourth-order valence-electron chi connectivity index (χ4n) is 1.76. The van der Waals surface area contributed by atoms with Crippen molar-refractivity contribution in [2.75, 3.05) is 20.1 Å². The highest BCUT2D eigenvalue weighted by Gasteiger charge is 2.31. The molecule has 0 aliphatic carbocycles. The number of carboxylic acid groups (broad SMARTS) is 1. The maximum Gasteiger partial charge on any atom is 0.317 e. The summed E-state index contributed by atoms with van der Waals surface area (Å²) < 4.78 is 0. The van der Waals surface area contributed by atoms with Crippen LogP contribution in [0.15, 0.2) is 0 Å². The third-order valence-corrected chi connectivity index (χ3v) is 3.13. The van der Waals surface area contributed by atoms with Crippen LogP contribution < -0.4 is 10.6 Å². The number of rotatable bonds is 6. The van der Waals surface area contributed by atoms with E-state index in [-0.39, 0.29) is 31.4 Å². The molecule has 7 nitrogen and oxygen atoms in total. The van der Waals surface area contributed by atoms with Gasteiger partial charge < -0.3 is 20.6 Å². The molecule has 3 N–H and O–H groups in total. The fourth-order valence-corrected chi connectivity index (χ4v) is 1.76. The number of carbonyl (C=O) groups excluding carboxylic acids is 2. The summed E-state index contributed by atoms with van der Waals surface area (Å²) in [4.78, 5) is 36.1. The lowest BCUT2D eigenvalue weighted by atomic mass is 9.92. The minimum atomic E-state index is -0.956. The van der Waals surface area contributed by atoms with Crippen LogP contribution in [0.1, 0.15) is 41.0 Å². The third kappa shape index (κ3) is 6.46. The molecule has 0 aliphatic heterocycles. The predicted octanol–water partition coefficient (Wildman–Crippen LogP) is 1.04. The van der Waals surface area contributed by atoms with Gasteiger partial charge in [0.25, 0.3) is 0 Å². The van der Waals surface area contributed by atoms with Crippen LogP contribution in [0.25, 0.3) is 0 Å². The lowest BCUT2D eigenvalue weighted by molar-refractivity contribution is -0.137. The normalized spacial score (nSPS) is 11.7. The minimum Gasteiger partial charge on any atom is -0.481 e. The second kappa shape index (κ2) is 7.28. The molecule has 0 heterocycles. The Hall–Kier alpha value is -1.79. The van der Waals surface area contributed by atoms with E-state index in [2.05, 4.69) is 10.6 Å². The van der Waals surface area contributed by atoms with Gasteiger partial charge in [0, 0.05) is 25.7 Å². The molecule has 0 unspecified atom stereocenters. The predicted molar refractivity (Wildman–Crippen MR) is 80.0 cm³/mol. The first-order chi connectivity index (χ1) is 9.41. The molecule has 3 amide bonds. The summed E-state index contributed by atoms with van der Waals surface area (Å²) in [6.45, 7) is 9.24. The van der Waals surface area contributed by atoms with Gasteiger partial charge in [-0.05, 0) is 34.6 Å². The van der Waals surface area contributed by atoms with Gasteiger partial charge in [-0.3, -0.25) is 9.59 Å². The van der Waals surface area contributed by atoms with Crippen molar-refractivity contribution in [3.05, 3.63) is 0 Å². The van der Waals surface area contributed by atoms with Gasteiger partial charge in [0.2, 0.25) is 5.91 Å². The average molecular weight is 301 g/mol. The molecule has 0 atom stereocenters. The molecule has 0 aliphatic rings. The minimum absolute atomic E-state index is 0.116. The lowest BCUT2D eigenvalue weighted by Gasteiger charge is -2.36. The van der Waals surface area contributed by atoms with E-state index in [1.807, 2.05) is 20.8 Å². The lowest BCUT2D eigenvalue weighted by Crippen LogP contribution is -2.53. The van der Waals surface area contributed by atoms with Crippen molar-refractivity contribution in [2.24, 2.45) is 5.41 Å². The molecule has 0 bridgehead atoms. The number of nitrogens with one attached hydrogen (secondary N) is 2. The number of urea groups is 1. The van der Waals surface area contributed by atoms with E-state index in [0.717, 1.165) is 0 Å². The summed E-state index contributed by atoms with van der Waals surface area (Å²) in [5.41, 5.74) is -1.24. The summed E-state index contributed by atoms with van der Waals surface area (Å²) in [6.07, 6.45) is -0.121. The van der Waals surface area contributed by atoms with Crippen molar-refractivity contribution in [3.63, 3.8) is 0 Å². The maximum absolute atomic E-state index is 12.3. The van der Waals surface area contributed by atoms with Crippen LogP contribution in [0.2, 0.25) is 0 Å². The van der Waals surface area contributed by atoms with Crippen LogP contribution in [0.3, 0.4) is 0 Å². The van der Waals surface area contributed by atoms with Crippen molar-refractivity contribution in [1.82, 2.24) is 15.5 Å². The van der Waals surface area contributed by atoms with Gasteiger partial charge in [0.05, 0.1) is 11.8 Å². The third-order valence-electron chi connectivity index (χ3n) is 3.13. The SMILES string of the molecule is CNC(=O)C(C)(C)CNC(=O)N(CCC(=O)O)C(C)(C)C. The van der Waals surface area contributed by atoms with Crippen molar-refractivity contribution in [2.45, 2.75) is 46.6 Å². The first kappa shape index (κ1) is 19.2. The van der Waals surface area contributed by atoms with Gasteiger partial charge in [-0.1, -0.05) is 0 Å². The number of aliphatic carboxylic acids is 1. The van der Waals surface area contributed by atoms with E-state index in [9.17, 15) is 14.4 Å². The van der Waals surface area contributed by atoms with Crippen molar-refractivity contribution < 1.29 is 19.5 Å². The van der Waals surface area contributed by atoms with Crippen LogP contribution in [-0.2, 0) is 9.59 Å². The van der Waals surface area contributed by atoms with Gasteiger partial charge in [-0.2, -0.15) is 0 Å². The molecule has 0 radical (unpaired) electrons. The largest absolute Gasteiger partial charge is 0.481 e. The van der Waals surface area contributed by atoms with Gasteiger partial charge in [0.1, 0.15) is 0 Å².